The molecule has 0 unspecified atom stereocenters. The van der Waals surface area contributed by atoms with E-state index in [1.165, 1.54) is 18.3 Å². The maximum absolute atomic E-state index is 13.4. The molecule has 4 rings (SSSR count). The first-order valence-corrected chi connectivity index (χ1v) is 12.7. The van der Waals surface area contributed by atoms with Crippen LogP contribution in [0.1, 0.15) is 40.0 Å². The lowest BCUT2D eigenvalue weighted by molar-refractivity contribution is 0.100. The number of carbonyl (C=O) groups is 1. The van der Waals surface area contributed by atoms with Crippen molar-refractivity contribution in [2.45, 2.75) is 31.9 Å². The maximum Gasteiger partial charge on any atom is 0.333 e. The van der Waals surface area contributed by atoms with Crippen molar-refractivity contribution in [3.63, 3.8) is 0 Å². The molecule has 0 bridgehead atoms. The first-order chi connectivity index (χ1) is 16.6. The summed E-state index contributed by atoms with van der Waals surface area (Å²) < 4.78 is 41.7. The second-order valence-electron chi connectivity index (χ2n) is 8.66. The molecule has 12 heteroatoms. The number of aromatic nitrogens is 3. The maximum atomic E-state index is 13.4. The van der Waals surface area contributed by atoms with Gasteiger partial charge in [-0.2, -0.15) is 13.5 Å². The van der Waals surface area contributed by atoms with Crippen LogP contribution in [-0.4, -0.2) is 46.8 Å². The highest BCUT2D eigenvalue weighted by atomic mass is 35.5. The second kappa shape index (κ2) is 10.5. The molecule has 1 saturated carbocycles. The molecule has 3 N–H and O–H groups in total. The second-order valence-corrected chi connectivity index (χ2v) is 10.3. The third-order valence-electron chi connectivity index (χ3n) is 6.07. The van der Waals surface area contributed by atoms with Crippen molar-refractivity contribution in [1.82, 2.24) is 14.8 Å². The number of nitrogens with two attached hydrogens (primary N) is 1. The lowest BCUT2D eigenvalue weighted by Crippen LogP contribution is -2.24. The fourth-order valence-corrected chi connectivity index (χ4v) is 4.96. The lowest BCUT2D eigenvalue weighted by atomic mass is 9.93. The summed E-state index contributed by atoms with van der Waals surface area (Å²) in [5.41, 5.74) is 2.14. The molecule has 1 aliphatic carbocycles. The smallest absolute Gasteiger partial charge is 0.333 e. The monoisotopic (exact) mass is 522 g/mol. The molecule has 186 valence electrons. The van der Waals surface area contributed by atoms with E-state index in [1.54, 1.807) is 35.3 Å². The predicted molar refractivity (Wildman–Crippen MR) is 125 cm³/mol. The molecule has 0 saturated heterocycles. The van der Waals surface area contributed by atoms with E-state index < -0.39 is 22.2 Å². The number of ketones is 1. The summed E-state index contributed by atoms with van der Waals surface area (Å²) in [4.78, 5) is 17.3. The Labute approximate surface area is 206 Å². The van der Waals surface area contributed by atoms with Gasteiger partial charge >= 0.3 is 10.3 Å². The van der Waals surface area contributed by atoms with Gasteiger partial charge in [0, 0.05) is 30.1 Å². The van der Waals surface area contributed by atoms with Gasteiger partial charge in [0.25, 0.3) is 0 Å². The molecule has 35 heavy (non-hydrogen) atoms. The van der Waals surface area contributed by atoms with Crippen molar-refractivity contribution in [3.8, 4) is 0 Å². The first kappa shape index (κ1) is 25.4. The Hall–Kier alpha value is -2.70. The van der Waals surface area contributed by atoms with Gasteiger partial charge in [-0.15, -0.1) is 0 Å². The number of nitrogens with zero attached hydrogens (tertiary/aromatic N) is 3. The van der Waals surface area contributed by atoms with E-state index in [1.807, 2.05) is 0 Å². The van der Waals surface area contributed by atoms with Gasteiger partial charge in [0.2, 0.25) is 5.78 Å². The number of aliphatic hydroxyl groups is 1. The van der Waals surface area contributed by atoms with E-state index in [0.717, 1.165) is 11.1 Å². The molecule has 0 aliphatic heterocycles. The van der Waals surface area contributed by atoms with Crippen LogP contribution < -0.4 is 5.14 Å². The molecule has 3 atom stereocenters. The molecule has 1 aromatic carbocycles. The molecule has 2 aromatic heterocycles. The summed E-state index contributed by atoms with van der Waals surface area (Å²) in [5.74, 6) is -1.14. The van der Waals surface area contributed by atoms with Gasteiger partial charge in [-0.25, -0.2) is 9.53 Å². The Morgan fingerprint density at radius 2 is 2.09 bits per heavy atom. The molecule has 1 fully saturated rings. The number of carbonyl (C=O) groups excluding carboxylic acids is 1. The van der Waals surface area contributed by atoms with Crippen LogP contribution in [-0.2, 0) is 27.5 Å². The van der Waals surface area contributed by atoms with Crippen molar-refractivity contribution >= 4 is 27.7 Å². The zero-order valence-electron chi connectivity index (χ0n) is 18.5. The highest BCUT2D eigenvalue weighted by Crippen LogP contribution is 2.34. The lowest BCUT2D eigenvalue weighted by Gasteiger charge is -2.13. The highest BCUT2D eigenvalue weighted by molar-refractivity contribution is 7.84. The minimum atomic E-state index is -4.08. The Bertz CT molecular complexity index is 1330. The number of halogens is 2. The number of aliphatic hydroxyl groups excluding tert-OH is 1. The third-order valence-corrected chi connectivity index (χ3v) is 6.82. The largest absolute Gasteiger partial charge is 0.393 e. The van der Waals surface area contributed by atoms with Gasteiger partial charge in [0.05, 0.1) is 24.3 Å². The minimum absolute atomic E-state index is 0.0152. The summed E-state index contributed by atoms with van der Waals surface area (Å²) in [6, 6.07) is 7.74. The van der Waals surface area contributed by atoms with E-state index in [9.17, 15) is 22.7 Å². The van der Waals surface area contributed by atoms with Gasteiger partial charge in [0.1, 0.15) is 11.5 Å². The molecule has 2 heterocycles. The average molecular weight is 523 g/mol. The molecule has 9 nitrogen and oxygen atoms in total. The van der Waals surface area contributed by atoms with Crippen LogP contribution in [0.25, 0.3) is 0 Å². The van der Waals surface area contributed by atoms with Crippen LogP contribution in [0.2, 0.25) is 5.02 Å². The van der Waals surface area contributed by atoms with Gasteiger partial charge < -0.3 is 5.11 Å². The van der Waals surface area contributed by atoms with E-state index in [4.69, 9.17) is 16.7 Å². The fraction of sp³-hybridized carbons (Fsp3) is 0.348. The van der Waals surface area contributed by atoms with E-state index in [2.05, 4.69) is 14.3 Å². The van der Waals surface area contributed by atoms with Crippen LogP contribution in [0.3, 0.4) is 0 Å². The van der Waals surface area contributed by atoms with E-state index >= 15 is 0 Å². The first-order valence-electron chi connectivity index (χ1n) is 10.9. The minimum Gasteiger partial charge on any atom is -0.393 e. The fourth-order valence-electron chi connectivity index (χ4n) is 4.39. The van der Waals surface area contributed by atoms with Gasteiger partial charge in [-0.05, 0) is 60.6 Å². The van der Waals surface area contributed by atoms with Crippen LogP contribution in [0.4, 0.5) is 4.39 Å². The van der Waals surface area contributed by atoms with Crippen LogP contribution in [0.5, 0.6) is 0 Å². The Kier molecular flexibility index (Phi) is 7.62. The average Bonchev–Trinajstić information content (AvgIpc) is 3.40. The Morgan fingerprint density at radius 3 is 2.83 bits per heavy atom. The van der Waals surface area contributed by atoms with Crippen molar-refractivity contribution in [2.75, 3.05) is 6.61 Å². The number of rotatable bonds is 9. The van der Waals surface area contributed by atoms with Crippen molar-refractivity contribution in [2.24, 2.45) is 17.0 Å². The summed E-state index contributed by atoms with van der Waals surface area (Å²) in [6.45, 7) is 0.129. The normalized spacial score (nSPS) is 20.3. The number of benzene rings is 1. The van der Waals surface area contributed by atoms with Gasteiger partial charge in [-0.3, -0.25) is 18.6 Å². The summed E-state index contributed by atoms with van der Waals surface area (Å²) in [7, 11) is -4.08. The number of hydrogen-bond donors (Lipinski definition) is 2. The topological polar surface area (TPSA) is 137 Å². The van der Waals surface area contributed by atoms with Crippen molar-refractivity contribution < 1.29 is 26.9 Å². The number of pyridine rings is 1. The van der Waals surface area contributed by atoms with E-state index in [-0.39, 0.29) is 34.9 Å². The summed E-state index contributed by atoms with van der Waals surface area (Å²) >= 11 is 5.84. The highest BCUT2D eigenvalue weighted by Gasteiger charge is 2.34. The molecular formula is C23H24ClFN4O5S. The molecule has 0 radical (unpaired) electrons. The van der Waals surface area contributed by atoms with Gasteiger partial charge in [0.15, 0.2) is 0 Å². The zero-order chi connectivity index (χ0) is 25.2. The SMILES string of the molecule is NS(=O)(=O)OC[C@H]1C[C@@H](Cc2ccncc2C(=O)c2ccn(Cc3ccc(F)c(Cl)c3)n2)C[C@@H]1O. The quantitative estimate of drug-likeness (QED) is 0.412. The molecular weight excluding hydrogens is 499 g/mol. The van der Waals surface area contributed by atoms with E-state index in [0.29, 0.717) is 31.4 Å². The standard InChI is InChI=1S/C23H24ClFN4O5S/c24-19-9-14(1-2-20(19)25)12-29-6-4-21(28-29)23(31)18-11-27-5-3-16(18)7-15-8-17(22(30)10-15)13-34-35(26,32)33/h1-6,9,11,15,17,22,30H,7-8,10,12-13H2,(H2,26,32,33)/t15-,17-,22+/m1/s1. The van der Waals surface area contributed by atoms with Crippen LogP contribution in [0, 0.1) is 17.7 Å². The van der Waals surface area contributed by atoms with Crippen LogP contribution >= 0.6 is 11.6 Å². The molecule has 1 aliphatic rings. The molecule has 0 spiro atoms. The third kappa shape index (κ3) is 6.50. The summed E-state index contributed by atoms with van der Waals surface area (Å²) in [6.07, 6.45) is 5.49. The Balaban J connectivity index is 1.44. The Morgan fingerprint density at radius 1 is 1.29 bits per heavy atom. The zero-order valence-corrected chi connectivity index (χ0v) is 20.1. The summed E-state index contributed by atoms with van der Waals surface area (Å²) in [5, 5.41) is 19.6. The predicted octanol–water partition coefficient (Wildman–Crippen LogP) is 2.50. The van der Waals surface area contributed by atoms with Crippen LogP contribution in [0.15, 0.2) is 48.9 Å². The van der Waals surface area contributed by atoms with Crippen molar-refractivity contribution in [3.05, 3.63) is 82.1 Å². The molecule has 3 aromatic rings. The van der Waals surface area contributed by atoms with Crippen molar-refractivity contribution in [1.29, 1.82) is 0 Å². The van der Waals surface area contributed by atoms with Gasteiger partial charge in [-0.1, -0.05) is 17.7 Å². The number of hydrogen-bond acceptors (Lipinski definition) is 7. The molecule has 0 amide bonds.